The van der Waals surface area contributed by atoms with E-state index in [9.17, 15) is 0 Å². The van der Waals surface area contributed by atoms with Crippen LogP contribution in [0.2, 0.25) is 0 Å². The van der Waals surface area contributed by atoms with E-state index in [0.29, 0.717) is 11.6 Å². The molecule has 0 aliphatic carbocycles. The Hall–Kier alpha value is -1.50. The van der Waals surface area contributed by atoms with Gasteiger partial charge in [0, 0.05) is 13.1 Å². The van der Waals surface area contributed by atoms with E-state index in [4.69, 9.17) is 0 Å². The van der Waals surface area contributed by atoms with Crippen molar-refractivity contribution in [3.05, 3.63) is 0 Å². The van der Waals surface area contributed by atoms with Crippen molar-refractivity contribution in [3.8, 4) is 0 Å². The minimum atomic E-state index is 0.632. The van der Waals surface area contributed by atoms with Gasteiger partial charge in [0.1, 0.15) is 0 Å². The van der Waals surface area contributed by atoms with Crippen molar-refractivity contribution in [1.82, 2.24) is 18.7 Å². The lowest BCUT2D eigenvalue weighted by atomic mass is 10.3. The molecule has 2 heterocycles. The van der Waals surface area contributed by atoms with Gasteiger partial charge >= 0.3 is 0 Å². The highest BCUT2D eigenvalue weighted by atomic mass is 32.1. The monoisotopic (exact) mass is 280 g/mol. The maximum Gasteiger partial charge on any atom is 0.226 e. The summed E-state index contributed by atoms with van der Waals surface area (Å²) in [5.74, 6) is 1.42. The number of unbranched alkanes of at least 4 members (excludes halogenated alkanes) is 2. The van der Waals surface area contributed by atoms with Crippen LogP contribution < -0.4 is 10.6 Å². The third-order valence-corrected chi connectivity index (χ3v) is 3.28. The molecular weight excluding hydrogens is 260 g/mol. The Kier molecular flexibility index (Phi) is 5.26. The predicted molar refractivity (Wildman–Crippen MR) is 79.8 cm³/mol. The zero-order valence-corrected chi connectivity index (χ0v) is 12.3. The predicted octanol–water partition coefficient (Wildman–Crippen LogP) is 2.91. The molecule has 104 valence electrons. The quantitative estimate of drug-likeness (QED) is 0.724. The van der Waals surface area contributed by atoms with Crippen LogP contribution in [0.1, 0.15) is 39.5 Å². The molecule has 0 atom stereocenters. The van der Waals surface area contributed by atoms with Crippen molar-refractivity contribution in [2.24, 2.45) is 0 Å². The van der Waals surface area contributed by atoms with Gasteiger partial charge in [0.25, 0.3) is 0 Å². The van der Waals surface area contributed by atoms with Crippen molar-refractivity contribution >= 4 is 34.7 Å². The van der Waals surface area contributed by atoms with Gasteiger partial charge in [0.15, 0.2) is 11.3 Å². The van der Waals surface area contributed by atoms with Gasteiger partial charge in [-0.15, -0.1) is 0 Å². The fraction of sp³-hybridized carbons (Fsp3) is 0.667. The van der Waals surface area contributed by atoms with E-state index in [-0.39, 0.29) is 0 Å². The number of hydrogen-bond acceptors (Lipinski definition) is 7. The topological polar surface area (TPSA) is 75.6 Å². The van der Waals surface area contributed by atoms with Crippen LogP contribution in [0.3, 0.4) is 0 Å². The molecule has 0 aromatic carbocycles. The van der Waals surface area contributed by atoms with Gasteiger partial charge in [-0.3, -0.25) is 0 Å². The zero-order chi connectivity index (χ0) is 13.5. The molecule has 2 rings (SSSR count). The normalized spacial score (nSPS) is 10.8. The number of rotatable bonds is 8. The Morgan fingerprint density at radius 2 is 1.68 bits per heavy atom. The summed E-state index contributed by atoms with van der Waals surface area (Å²) in [6.07, 6.45) is 4.52. The van der Waals surface area contributed by atoms with E-state index >= 15 is 0 Å². The highest BCUT2D eigenvalue weighted by Crippen LogP contribution is 2.20. The summed E-state index contributed by atoms with van der Waals surface area (Å²) in [6.45, 7) is 6.11. The summed E-state index contributed by atoms with van der Waals surface area (Å²) in [5.41, 5.74) is 1.43. The molecule has 0 radical (unpaired) electrons. The van der Waals surface area contributed by atoms with Gasteiger partial charge in [-0.05, 0) is 12.8 Å². The third-order valence-electron chi connectivity index (χ3n) is 2.76. The molecule has 6 nitrogen and oxygen atoms in total. The summed E-state index contributed by atoms with van der Waals surface area (Å²) in [4.78, 5) is 8.86. The largest absolute Gasteiger partial charge is 0.368 e. The minimum absolute atomic E-state index is 0.632. The first-order chi connectivity index (χ1) is 9.35. The van der Waals surface area contributed by atoms with Crippen molar-refractivity contribution in [2.75, 3.05) is 23.7 Å². The second kappa shape index (κ2) is 7.18. The molecule has 0 fully saturated rings. The zero-order valence-electron chi connectivity index (χ0n) is 11.4. The molecule has 2 N–H and O–H groups in total. The molecular formula is C12H20N6S. The van der Waals surface area contributed by atoms with Crippen molar-refractivity contribution in [1.29, 1.82) is 0 Å². The molecule has 19 heavy (non-hydrogen) atoms. The second-order valence-corrected chi connectivity index (χ2v) is 4.92. The maximum atomic E-state index is 4.49. The summed E-state index contributed by atoms with van der Waals surface area (Å²) in [5, 5.41) is 6.55. The van der Waals surface area contributed by atoms with Crippen LogP contribution in [0.4, 0.5) is 11.8 Å². The van der Waals surface area contributed by atoms with Crippen LogP contribution in [-0.2, 0) is 0 Å². The summed E-state index contributed by atoms with van der Waals surface area (Å²) in [6, 6.07) is 0. The van der Waals surface area contributed by atoms with E-state index in [1.54, 1.807) is 0 Å². The van der Waals surface area contributed by atoms with Crippen molar-refractivity contribution in [3.63, 3.8) is 0 Å². The van der Waals surface area contributed by atoms with Crippen LogP contribution >= 0.6 is 11.7 Å². The van der Waals surface area contributed by atoms with Crippen LogP contribution in [0.15, 0.2) is 0 Å². The van der Waals surface area contributed by atoms with Crippen LogP contribution in [-0.4, -0.2) is 31.8 Å². The van der Waals surface area contributed by atoms with Gasteiger partial charge in [0.05, 0.1) is 11.7 Å². The lowest BCUT2D eigenvalue weighted by molar-refractivity contribution is 0.823. The van der Waals surface area contributed by atoms with Gasteiger partial charge in [-0.1, -0.05) is 26.7 Å². The Morgan fingerprint density at radius 1 is 0.947 bits per heavy atom. The number of hydrogen-bond donors (Lipinski definition) is 2. The number of fused-ring (bicyclic) bond motifs is 1. The molecule has 2 aromatic heterocycles. The Balaban J connectivity index is 2.14. The Bertz CT molecular complexity index is 512. The molecule has 0 amide bonds. The average Bonchev–Trinajstić information content (AvgIpc) is 2.88. The molecule has 2 aromatic rings. The second-order valence-electron chi connectivity index (χ2n) is 4.39. The molecule has 0 saturated heterocycles. The first-order valence-corrected chi connectivity index (χ1v) is 7.56. The maximum absolute atomic E-state index is 4.49. The molecule has 0 unspecified atom stereocenters. The summed E-state index contributed by atoms with van der Waals surface area (Å²) < 4.78 is 8.45. The number of nitrogens with zero attached hydrogens (tertiary/aromatic N) is 4. The van der Waals surface area contributed by atoms with Crippen molar-refractivity contribution < 1.29 is 0 Å². The standard InChI is InChI=1S/C12H20N6S/c1-3-5-7-13-10-9-11(18-19-17-9)16-12(15-10)14-8-6-4-2/h3-8H2,1-2H3,(H2,13,14,15,16,18). The number of nitrogens with one attached hydrogen (secondary N) is 2. The fourth-order valence-corrected chi connectivity index (χ4v) is 2.15. The van der Waals surface area contributed by atoms with Gasteiger partial charge < -0.3 is 10.6 Å². The van der Waals surface area contributed by atoms with E-state index in [2.05, 4.69) is 43.2 Å². The highest BCUT2D eigenvalue weighted by Gasteiger charge is 2.10. The van der Waals surface area contributed by atoms with E-state index in [1.807, 2.05) is 0 Å². The van der Waals surface area contributed by atoms with Crippen LogP contribution in [0, 0.1) is 0 Å². The third kappa shape index (κ3) is 3.73. The number of aromatic nitrogens is 4. The lowest BCUT2D eigenvalue weighted by Gasteiger charge is -2.08. The molecule has 0 saturated carbocycles. The highest BCUT2D eigenvalue weighted by molar-refractivity contribution is 7.00. The first-order valence-electron chi connectivity index (χ1n) is 6.83. The fourth-order valence-electron chi connectivity index (χ4n) is 1.65. The molecule has 0 aliphatic heterocycles. The SMILES string of the molecule is CCCCNc1nc(NCCCC)c2nsnc2n1. The van der Waals surface area contributed by atoms with Gasteiger partial charge in [-0.2, -0.15) is 18.7 Å². The minimum Gasteiger partial charge on any atom is -0.368 e. The van der Waals surface area contributed by atoms with E-state index < -0.39 is 0 Å². The van der Waals surface area contributed by atoms with Crippen LogP contribution in [0.25, 0.3) is 11.2 Å². The van der Waals surface area contributed by atoms with Gasteiger partial charge in [-0.25, -0.2) is 0 Å². The smallest absolute Gasteiger partial charge is 0.226 e. The summed E-state index contributed by atoms with van der Waals surface area (Å²) in [7, 11) is 0. The Labute approximate surface area is 117 Å². The van der Waals surface area contributed by atoms with E-state index in [0.717, 1.165) is 50.1 Å². The van der Waals surface area contributed by atoms with Gasteiger partial charge in [0.2, 0.25) is 11.6 Å². The molecule has 7 heteroatoms. The van der Waals surface area contributed by atoms with E-state index in [1.165, 1.54) is 11.7 Å². The van der Waals surface area contributed by atoms with Crippen LogP contribution in [0.5, 0.6) is 0 Å². The molecule has 0 aliphatic rings. The lowest BCUT2D eigenvalue weighted by Crippen LogP contribution is -2.09. The molecule has 0 bridgehead atoms. The summed E-state index contributed by atoms with van der Waals surface area (Å²) >= 11 is 1.17. The molecule has 0 spiro atoms. The van der Waals surface area contributed by atoms with Crippen molar-refractivity contribution in [2.45, 2.75) is 39.5 Å². The first kappa shape index (κ1) is 13.9. The average molecular weight is 280 g/mol. The Morgan fingerprint density at radius 3 is 2.42 bits per heavy atom. The number of anilines is 2.